The number of benzene rings is 1. The van der Waals surface area contributed by atoms with Crippen LogP contribution in [-0.4, -0.2) is 50.6 Å². The second-order valence-corrected chi connectivity index (χ2v) is 7.72. The smallest absolute Gasteiger partial charge is 0.276 e. The lowest BCUT2D eigenvalue weighted by molar-refractivity contribution is 0.327. The van der Waals surface area contributed by atoms with Crippen molar-refractivity contribution in [2.45, 2.75) is 26.2 Å². The van der Waals surface area contributed by atoms with Crippen LogP contribution < -0.4 is 21.8 Å². The number of aromatic hydroxyl groups is 5. The van der Waals surface area contributed by atoms with Crippen molar-refractivity contribution in [3.8, 4) is 28.7 Å². The van der Waals surface area contributed by atoms with E-state index in [1.54, 1.807) is 0 Å². The topological polar surface area (TPSA) is 216 Å². The van der Waals surface area contributed by atoms with Crippen LogP contribution >= 0.6 is 0 Å². The van der Waals surface area contributed by atoms with E-state index in [1.807, 2.05) is 20.8 Å². The highest BCUT2D eigenvalue weighted by atomic mass is 16.4. The molecule has 0 atom stereocenters. The lowest BCUT2D eigenvalue weighted by atomic mass is 9.90. The SMILES string of the molecule is CC(C)(C)c1[nH]cnc1/C(O)=c1\[nH]c(=O)/c(=C/c2c(O)c(O)c(O)c(O)c2O)[nH]c1=O. The summed E-state index contributed by atoms with van der Waals surface area (Å²) in [7, 11) is 0. The van der Waals surface area contributed by atoms with Crippen LogP contribution in [0.25, 0.3) is 11.8 Å². The molecule has 3 aromatic rings. The Kier molecular flexibility index (Phi) is 4.93. The van der Waals surface area contributed by atoms with Gasteiger partial charge in [-0.25, -0.2) is 4.98 Å². The highest BCUT2D eigenvalue weighted by Gasteiger charge is 2.24. The van der Waals surface area contributed by atoms with Crippen molar-refractivity contribution in [1.82, 2.24) is 19.9 Å². The third-order valence-electron chi connectivity index (χ3n) is 4.50. The summed E-state index contributed by atoms with van der Waals surface area (Å²) in [6.45, 7) is 5.55. The van der Waals surface area contributed by atoms with Gasteiger partial charge in [0.25, 0.3) is 11.1 Å². The first kappa shape index (κ1) is 21.4. The number of aliphatic hydroxyl groups is 1. The Balaban J connectivity index is 2.30. The predicted molar refractivity (Wildman–Crippen MR) is 108 cm³/mol. The molecule has 0 saturated heterocycles. The fourth-order valence-corrected chi connectivity index (χ4v) is 2.90. The molecule has 0 aliphatic carbocycles. The second-order valence-electron chi connectivity index (χ2n) is 7.72. The van der Waals surface area contributed by atoms with Crippen LogP contribution in [0.5, 0.6) is 28.7 Å². The van der Waals surface area contributed by atoms with Crippen LogP contribution in [0.3, 0.4) is 0 Å². The molecule has 0 radical (unpaired) electrons. The lowest BCUT2D eigenvalue weighted by Crippen LogP contribution is -2.48. The monoisotopic (exact) mass is 432 g/mol. The molecule has 0 saturated carbocycles. The molecular weight excluding hydrogens is 412 g/mol. The maximum Gasteiger partial charge on any atom is 0.276 e. The van der Waals surface area contributed by atoms with Crippen molar-refractivity contribution < 1.29 is 30.6 Å². The van der Waals surface area contributed by atoms with Gasteiger partial charge in [0, 0.05) is 5.41 Å². The Morgan fingerprint density at radius 1 is 0.903 bits per heavy atom. The molecule has 2 heterocycles. The molecule has 0 amide bonds. The summed E-state index contributed by atoms with van der Waals surface area (Å²) in [6.07, 6.45) is 2.09. The minimum Gasteiger partial charge on any atom is -0.504 e. The van der Waals surface area contributed by atoms with E-state index in [-0.39, 0.29) is 5.69 Å². The summed E-state index contributed by atoms with van der Waals surface area (Å²) >= 11 is 0. The zero-order chi connectivity index (χ0) is 23.2. The maximum absolute atomic E-state index is 12.5. The number of phenols is 5. The molecule has 9 N–H and O–H groups in total. The van der Waals surface area contributed by atoms with Crippen LogP contribution in [0.4, 0.5) is 0 Å². The molecule has 0 spiro atoms. The minimum atomic E-state index is -1.17. The number of hydrogen-bond donors (Lipinski definition) is 9. The van der Waals surface area contributed by atoms with Gasteiger partial charge in [-0.2, -0.15) is 0 Å². The van der Waals surface area contributed by atoms with Gasteiger partial charge in [0.1, 0.15) is 11.0 Å². The number of nitrogens with one attached hydrogen (secondary N) is 3. The number of phenolic OH excluding ortho intramolecular Hbond substituents is 5. The van der Waals surface area contributed by atoms with Crippen LogP contribution in [0, 0.1) is 0 Å². The van der Waals surface area contributed by atoms with E-state index in [1.165, 1.54) is 6.33 Å². The first-order chi connectivity index (χ1) is 14.3. The molecule has 0 unspecified atom stereocenters. The number of aromatic amines is 3. The Morgan fingerprint density at radius 3 is 2.00 bits per heavy atom. The van der Waals surface area contributed by atoms with Crippen molar-refractivity contribution in [3.05, 3.63) is 54.7 Å². The molecule has 0 aliphatic heterocycles. The van der Waals surface area contributed by atoms with E-state index >= 15 is 0 Å². The van der Waals surface area contributed by atoms with Gasteiger partial charge in [-0.15, -0.1) is 0 Å². The third kappa shape index (κ3) is 3.54. The molecule has 1 aromatic carbocycles. The number of rotatable bonds is 2. The summed E-state index contributed by atoms with van der Waals surface area (Å²) in [5.41, 5.74) is -2.40. The van der Waals surface area contributed by atoms with Crippen molar-refractivity contribution >= 4 is 11.8 Å². The van der Waals surface area contributed by atoms with Crippen molar-refractivity contribution in [2.75, 3.05) is 0 Å². The first-order valence-electron chi connectivity index (χ1n) is 8.85. The van der Waals surface area contributed by atoms with Crippen molar-refractivity contribution in [2.24, 2.45) is 0 Å². The van der Waals surface area contributed by atoms with Gasteiger partial charge in [-0.1, -0.05) is 20.8 Å². The Hall–Kier alpha value is -4.35. The Labute approximate surface area is 172 Å². The molecule has 12 heteroatoms. The van der Waals surface area contributed by atoms with Crippen LogP contribution in [0.1, 0.15) is 37.7 Å². The van der Waals surface area contributed by atoms with Gasteiger partial charge in [-0.05, 0) is 6.08 Å². The van der Waals surface area contributed by atoms with E-state index in [0.29, 0.717) is 5.69 Å². The third-order valence-corrected chi connectivity index (χ3v) is 4.50. The van der Waals surface area contributed by atoms with Crippen LogP contribution in [0.15, 0.2) is 15.9 Å². The minimum absolute atomic E-state index is 0.0639. The molecule has 3 rings (SSSR count). The molecular formula is C19H20N4O8. The van der Waals surface area contributed by atoms with Crippen LogP contribution in [0.2, 0.25) is 0 Å². The van der Waals surface area contributed by atoms with Gasteiger partial charge >= 0.3 is 0 Å². The summed E-state index contributed by atoms with van der Waals surface area (Å²) in [4.78, 5) is 36.2. The number of hydrogen-bond acceptors (Lipinski definition) is 9. The number of H-pyrrole nitrogens is 3. The number of aromatic nitrogens is 4. The molecule has 2 aromatic heterocycles. The average Bonchev–Trinajstić information content (AvgIpc) is 3.20. The highest BCUT2D eigenvalue weighted by molar-refractivity contribution is 5.75. The molecule has 0 aliphatic rings. The van der Waals surface area contributed by atoms with Gasteiger partial charge in [0.05, 0.1) is 17.6 Å². The lowest BCUT2D eigenvalue weighted by Gasteiger charge is -2.17. The summed E-state index contributed by atoms with van der Waals surface area (Å²) in [5, 5.41) is 58.1. The second kappa shape index (κ2) is 7.16. The van der Waals surface area contributed by atoms with Crippen LogP contribution in [-0.2, 0) is 5.41 Å². The summed E-state index contributed by atoms with van der Waals surface area (Å²) in [5.74, 6) is -6.12. The van der Waals surface area contributed by atoms with Crippen molar-refractivity contribution in [3.63, 3.8) is 0 Å². The number of imidazole rings is 1. The largest absolute Gasteiger partial charge is 0.504 e. The van der Waals surface area contributed by atoms with E-state index in [0.717, 1.165) is 6.08 Å². The quantitative estimate of drug-likeness (QED) is 0.182. The van der Waals surface area contributed by atoms with E-state index in [2.05, 4.69) is 19.9 Å². The summed E-state index contributed by atoms with van der Waals surface area (Å²) in [6, 6.07) is 0. The van der Waals surface area contributed by atoms with Crippen molar-refractivity contribution in [1.29, 1.82) is 0 Å². The number of nitrogens with zero attached hydrogens (tertiary/aromatic N) is 1. The average molecular weight is 432 g/mol. The Morgan fingerprint density at radius 2 is 1.45 bits per heavy atom. The zero-order valence-electron chi connectivity index (χ0n) is 16.6. The fraction of sp³-hybridized carbons (Fsp3) is 0.211. The van der Waals surface area contributed by atoms with Gasteiger partial charge in [0.2, 0.25) is 17.2 Å². The zero-order valence-corrected chi connectivity index (χ0v) is 16.6. The standard InChI is InChI=1S/C19H20N4O8/c1-19(2,3)16-8(20-5-21-16)12(26)9-18(31)22-7(17(30)23-9)4-6-10(24)13(27)15(29)14(28)11(6)25/h4-5,24-29H,1-3H3,(H,20,21)(H,22,31)(H,23,30)/b7-4-,12-9+. The highest BCUT2D eigenvalue weighted by Crippen LogP contribution is 2.50. The molecule has 0 fully saturated rings. The van der Waals surface area contributed by atoms with E-state index in [4.69, 9.17) is 0 Å². The predicted octanol–water partition coefficient (Wildman–Crippen LogP) is -0.845. The molecule has 31 heavy (non-hydrogen) atoms. The fourth-order valence-electron chi connectivity index (χ4n) is 2.90. The Bertz CT molecular complexity index is 1390. The van der Waals surface area contributed by atoms with E-state index in [9.17, 15) is 40.2 Å². The van der Waals surface area contributed by atoms with E-state index < -0.39 is 67.3 Å². The van der Waals surface area contributed by atoms with Gasteiger partial charge in [0.15, 0.2) is 22.6 Å². The van der Waals surface area contributed by atoms with Gasteiger partial charge < -0.3 is 45.6 Å². The number of aliphatic hydroxyl groups excluding tert-OH is 1. The maximum atomic E-state index is 12.5. The molecule has 0 bridgehead atoms. The molecule has 12 nitrogen and oxygen atoms in total. The normalized spacial score (nSPS) is 13.5. The first-order valence-corrected chi connectivity index (χ1v) is 8.85. The van der Waals surface area contributed by atoms with Gasteiger partial charge in [-0.3, -0.25) is 9.59 Å². The summed E-state index contributed by atoms with van der Waals surface area (Å²) < 4.78 is 0. The molecule has 164 valence electrons.